The average molecular weight is 589 g/mol. The minimum atomic E-state index is -1.10. The van der Waals surface area contributed by atoms with Crippen LogP contribution in [0.2, 0.25) is 0 Å². The molecule has 0 amide bonds. The van der Waals surface area contributed by atoms with Crippen molar-refractivity contribution in [3.8, 4) is 0 Å². The van der Waals surface area contributed by atoms with Gasteiger partial charge in [0.15, 0.2) is 6.29 Å². The van der Waals surface area contributed by atoms with Gasteiger partial charge in [-0.15, -0.1) is 0 Å². The lowest BCUT2D eigenvalue weighted by Crippen LogP contribution is -2.05. The fraction of sp³-hybridized carbons (Fsp3) is 0.844. The summed E-state index contributed by atoms with van der Waals surface area (Å²) in [5, 5.41) is 52.6. The highest BCUT2D eigenvalue weighted by atomic mass is 16.5. The van der Waals surface area contributed by atoms with Crippen LogP contribution in [0.3, 0.4) is 0 Å². The normalized spacial score (nSPS) is 12.7. The third kappa shape index (κ3) is 38.0. The number of carboxylic acid groups (broad SMARTS) is 3. The molecule has 0 bridgehead atoms. The van der Waals surface area contributed by atoms with Crippen molar-refractivity contribution >= 4 is 17.9 Å². The van der Waals surface area contributed by atoms with E-state index in [0.29, 0.717) is 31.6 Å². The number of hydrogen-bond acceptors (Lipinski definition) is 6. The molecule has 41 heavy (non-hydrogen) atoms. The van der Waals surface area contributed by atoms with Crippen LogP contribution >= 0.6 is 0 Å². The Kier molecular flexibility index (Phi) is 31.1. The van der Waals surface area contributed by atoms with Crippen molar-refractivity contribution in [3.05, 3.63) is 12.2 Å². The first-order valence-corrected chi connectivity index (χ1v) is 15.9. The molecule has 0 aliphatic rings. The van der Waals surface area contributed by atoms with Crippen LogP contribution < -0.4 is 0 Å². The molecule has 0 aromatic carbocycles. The van der Waals surface area contributed by atoms with Gasteiger partial charge in [0.1, 0.15) is 0 Å². The van der Waals surface area contributed by atoms with Gasteiger partial charge in [-0.05, 0) is 63.7 Å². The van der Waals surface area contributed by atoms with Crippen LogP contribution in [-0.2, 0) is 14.4 Å². The number of hydrogen-bond donors (Lipinski definition) is 6. The number of aliphatic hydroxyl groups is 3. The molecule has 0 heterocycles. The van der Waals surface area contributed by atoms with E-state index in [-0.39, 0.29) is 25.4 Å². The lowest BCUT2D eigenvalue weighted by Gasteiger charge is -2.16. The first-order valence-electron chi connectivity index (χ1n) is 15.9. The van der Waals surface area contributed by atoms with E-state index in [0.717, 1.165) is 103 Å². The van der Waals surface area contributed by atoms with Gasteiger partial charge in [-0.25, -0.2) is 0 Å². The van der Waals surface area contributed by atoms with Gasteiger partial charge in [-0.3, -0.25) is 14.4 Å². The average Bonchev–Trinajstić information content (AvgIpc) is 2.89. The van der Waals surface area contributed by atoms with E-state index in [4.69, 9.17) is 25.5 Å². The second-order valence-corrected chi connectivity index (χ2v) is 11.1. The molecular formula is C32H60O9. The largest absolute Gasteiger partial charge is 0.481 e. The molecular weight excluding hydrogens is 528 g/mol. The lowest BCUT2D eigenvalue weighted by atomic mass is 9.90. The molecule has 9 nitrogen and oxygen atoms in total. The highest BCUT2D eigenvalue weighted by Gasteiger charge is 2.11. The van der Waals surface area contributed by atoms with E-state index in [1.807, 2.05) is 6.92 Å². The molecule has 0 saturated heterocycles. The number of carbonyl (C=O) groups is 3. The Morgan fingerprint density at radius 1 is 0.537 bits per heavy atom. The van der Waals surface area contributed by atoms with Crippen LogP contribution in [0.15, 0.2) is 12.2 Å². The predicted octanol–water partition coefficient (Wildman–Crippen LogP) is 7.06. The predicted molar refractivity (Wildman–Crippen MR) is 162 cm³/mol. The van der Waals surface area contributed by atoms with Crippen LogP contribution in [0.25, 0.3) is 0 Å². The molecule has 0 spiro atoms. The third-order valence-corrected chi connectivity index (χ3v) is 7.04. The second kappa shape index (κ2) is 31.0. The van der Waals surface area contributed by atoms with Crippen molar-refractivity contribution in [1.82, 2.24) is 0 Å². The topological polar surface area (TPSA) is 173 Å². The van der Waals surface area contributed by atoms with Crippen molar-refractivity contribution in [3.63, 3.8) is 0 Å². The Hall–Kier alpha value is -1.97. The number of allylic oxidation sites excluding steroid dienone is 1. The fourth-order valence-corrected chi connectivity index (χ4v) is 4.67. The van der Waals surface area contributed by atoms with E-state index >= 15 is 0 Å². The van der Waals surface area contributed by atoms with Gasteiger partial charge in [0.05, 0.1) is 6.10 Å². The smallest absolute Gasteiger partial charge is 0.303 e. The van der Waals surface area contributed by atoms with E-state index in [9.17, 15) is 19.5 Å². The molecule has 0 fully saturated rings. The van der Waals surface area contributed by atoms with E-state index in [1.54, 1.807) is 0 Å². The van der Waals surface area contributed by atoms with Gasteiger partial charge in [-0.1, -0.05) is 89.7 Å². The van der Waals surface area contributed by atoms with Gasteiger partial charge in [0.25, 0.3) is 0 Å². The number of unbranched alkanes of at least 4 members (excludes halogenated alkanes) is 9. The first-order chi connectivity index (χ1) is 19.6. The molecule has 1 unspecified atom stereocenters. The second-order valence-electron chi connectivity index (χ2n) is 11.1. The first kappa shape index (κ1) is 41.2. The summed E-state index contributed by atoms with van der Waals surface area (Å²) in [5.74, 6) is -1.75. The number of rotatable bonds is 28. The maximum atomic E-state index is 10.8. The summed E-state index contributed by atoms with van der Waals surface area (Å²) in [7, 11) is 0. The summed E-state index contributed by atoms with van der Waals surface area (Å²) in [4.78, 5) is 31.9. The SMILES string of the molecule is CCCC(O)O.O=C(O)CCCCCCC/C=C\C[C@H](O)CCCCCCC(CCCCC(=O)O)CCCC(=O)O. The van der Waals surface area contributed by atoms with Gasteiger partial charge < -0.3 is 30.6 Å². The minimum Gasteiger partial charge on any atom is -0.481 e. The van der Waals surface area contributed by atoms with Crippen LogP contribution in [0, 0.1) is 5.92 Å². The van der Waals surface area contributed by atoms with Gasteiger partial charge in [0.2, 0.25) is 0 Å². The summed E-state index contributed by atoms with van der Waals surface area (Å²) in [6.45, 7) is 1.90. The number of aliphatic carboxylic acids is 3. The van der Waals surface area contributed by atoms with E-state index in [2.05, 4.69) is 12.2 Å². The van der Waals surface area contributed by atoms with Crippen molar-refractivity contribution < 1.29 is 45.0 Å². The minimum absolute atomic E-state index is 0.201. The number of carboxylic acids is 3. The molecule has 0 aliphatic carbocycles. The summed E-state index contributed by atoms with van der Waals surface area (Å²) in [6.07, 6.45) is 21.9. The molecule has 0 aliphatic heterocycles. The molecule has 242 valence electrons. The highest BCUT2D eigenvalue weighted by molar-refractivity contribution is 5.67. The maximum absolute atomic E-state index is 10.8. The zero-order chi connectivity index (χ0) is 31.1. The highest BCUT2D eigenvalue weighted by Crippen LogP contribution is 2.23. The monoisotopic (exact) mass is 588 g/mol. The van der Waals surface area contributed by atoms with E-state index < -0.39 is 24.2 Å². The third-order valence-electron chi connectivity index (χ3n) is 7.04. The van der Waals surface area contributed by atoms with Crippen molar-refractivity contribution in [2.45, 2.75) is 167 Å². The van der Waals surface area contributed by atoms with Crippen LogP contribution in [0.5, 0.6) is 0 Å². The standard InChI is InChI=1S/C28H50O7.C4H10O2/c29-25(19-10-5-3-1-2-4-6-12-21-26(30)31)20-11-8-7-9-16-24(18-15-23-28(34)35)17-13-14-22-27(32)33;1-2-3-4(5)6/h5,10,24-25,29H,1-4,6-9,11-23H2,(H,30,31)(H,32,33)(H,34,35);4-6H,2-3H2,1H3/b10-5-;/t24?,25-;/m0./s1. The molecule has 2 atom stereocenters. The van der Waals surface area contributed by atoms with Crippen LogP contribution in [0.1, 0.15) is 155 Å². The van der Waals surface area contributed by atoms with Crippen LogP contribution in [0.4, 0.5) is 0 Å². The molecule has 0 aromatic rings. The Balaban J connectivity index is 0. The van der Waals surface area contributed by atoms with Crippen molar-refractivity contribution in [2.75, 3.05) is 0 Å². The van der Waals surface area contributed by atoms with Crippen LogP contribution in [-0.4, -0.2) is 60.9 Å². The summed E-state index contributed by atoms with van der Waals surface area (Å²) in [6, 6.07) is 0. The lowest BCUT2D eigenvalue weighted by molar-refractivity contribution is -0.138. The Bertz CT molecular complexity index is 649. The summed E-state index contributed by atoms with van der Waals surface area (Å²) >= 11 is 0. The van der Waals surface area contributed by atoms with Gasteiger partial charge in [-0.2, -0.15) is 0 Å². The zero-order valence-corrected chi connectivity index (χ0v) is 25.6. The molecule has 0 aromatic heterocycles. The summed E-state index contributed by atoms with van der Waals surface area (Å²) < 4.78 is 0. The summed E-state index contributed by atoms with van der Waals surface area (Å²) in [5.41, 5.74) is 0. The Labute approximate surface area is 248 Å². The quantitative estimate of drug-likeness (QED) is 0.0317. The fourth-order valence-electron chi connectivity index (χ4n) is 4.67. The zero-order valence-electron chi connectivity index (χ0n) is 25.6. The molecule has 0 rings (SSSR count). The molecule has 6 N–H and O–H groups in total. The Morgan fingerprint density at radius 3 is 1.51 bits per heavy atom. The van der Waals surface area contributed by atoms with Crippen molar-refractivity contribution in [2.24, 2.45) is 5.92 Å². The van der Waals surface area contributed by atoms with E-state index in [1.165, 1.54) is 0 Å². The van der Waals surface area contributed by atoms with Gasteiger partial charge in [0, 0.05) is 19.3 Å². The molecule has 9 heteroatoms. The maximum Gasteiger partial charge on any atom is 0.303 e. The number of aliphatic hydroxyl groups excluding tert-OH is 2. The molecule has 0 radical (unpaired) electrons. The van der Waals surface area contributed by atoms with Gasteiger partial charge >= 0.3 is 17.9 Å². The Morgan fingerprint density at radius 2 is 0.976 bits per heavy atom. The van der Waals surface area contributed by atoms with Crippen molar-refractivity contribution in [1.29, 1.82) is 0 Å². The molecule has 0 saturated carbocycles.